The summed E-state index contributed by atoms with van der Waals surface area (Å²) in [6, 6.07) is 35.8. The summed E-state index contributed by atoms with van der Waals surface area (Å²) in [5.41, 5.74) is 3.50. The monoisotopic (exact) mass is 664 g/mol. The maximum Gasteiger partial charge on any atom is 0.143 e. The molecule has 0 spiro atoms. The molecule has 2 N–H and O–H groups in total. The highest BCUT2D eigenvalue weighted by molar-refractivity contribution is 5.48. The number of allylic oxidation sites excluding steroid dienone is 3. The Hall–Kier alpha value is -4.20. The number of aliphatic hydroxyl groups excluding tert-OH is 2. The van der Waals surface area contributed by atoms with Gasteiger partial charge in [-0.3, -0.25) is 0 Å². The second-order valence-electron chi connectivity index (χ2n) is 12.7. The number of rotatable bonds is 18. The van der Waals surface area contributed by atoms with Gasteiger partial charge >= 0.3 is 0 Å². The van der Waals surface area contributed by atoms with Crippen LogP contribution < -0.4 is 9.47 Å². The van der Waals surface area contributed by atoms with Crippen molar-refractivity contribution in [2.45, 2.75) is 52.1 Å². The second-order valence-corrected chi connectivity index (χ2v) is 12.7. The Labute approximate surface area is 292 Å². The first-order valence-electron chi connectivity index (χ1n) is 17.0. The lowest BCUT2D eigenvalue weighted by Gasteiger charge is -2.39. The van der Waals surface area contributed by atoms with Gasteiger partial charge in [0.25, 0.3) is 0 Å². The van der Waals surface area contributed by atoms with Crippen LogP contribution in [0.3, 0.4) is 0 Å². The Balaban J connectivity index is 1.70. The molecule has 4 aromatic rings. The average molecular weight is 665 g/mol. The van der Waals surface area contributed by atoms with Gasteiger partial charge in [0.1, 0.15) is 17.1 Å². The summed E-state index contributed by atoms with van der Waals surface area (Å²) in [6.07, 6.45) is 4.22. The quantitative estimate of drug-likeness (QED) is 0.0823. The molecule has 0 fully saturated rings. The zero-order chi connectivity index (χ0) is 35.2. The van der Waals surface area contributed by atoms with E-state index in [2.05, 4.69) is 37.3 Å². The van der Waals surface area contributed by atoms with Gasteiger partial charge in [0.05, 0.1) is 46.2 Å². The van der Waals surface area contributed by atoms with E-state index in [1.807, 2.05) is 118 Å². The Morgan fingerprint density at radius 1 is 0.714 bits per heavy atom. The lowest BCUT2D eigenvalue weighted by Crippen LogP contribution is -2.44. The normalized spacial score (nSPS) is 15.4. The van der Waals surface area contributed by atoms with E-state index in [9.17, 15) is 10.2 Å². The van der Waals surface area contributed by atoms with Gasteiger partial charge in [0.2, 0.25) is 0 Å². The van der Waals surface area contributed by atoms with Crippen LogP contribution in [0.15, 0.2) is 133 Å². The summed E-state index contributed by atoms with van der Waals surface area (Å²) in [5.74, 6) is 0.677. The Kier molecular flexibility index (Phi) is 14.2. The standard InChI is InChI=1S/C43H52O6/c1-7-14-31(2)27-32(3)41(44)40(42(45)33(4)28-48-29-34-19-23-38(46-5)24-20-34)30-49-43(35-15-10-8-11-16-35,36-17-12-9-13-18-36)37-21-25-39(47-6)26-22-37/h7-27,31,33,40-42,44-45H,28-30H2,1-6H3/b14-7-,32-27+/t31-,33+,40+,41+,42-/m0/s1. The van der Waals surface area contributed by atoms with E-state index < -0.39 is 23.7 Å². The first kappa shape index (κ1) is 37.6. The van der Waals surface area contributed by atoms with Crippen LogP contribution in [0, 0.1) is 17.8 Å². The molecule has 0 heterocycles. The fourth-order valence-electron chi connectivity index (χ4n) is 6.33. The number of aliphatic hydroxyl groups is 2. The van der Waals surface area contributed by atoms with E-state index in [4.69, 9.17) is 18.9 Å². The fraction of sp³-hybridized carbons (Fsp3) is 0.349. The lowest BCUT2D eigenvalue weighted by atomic mass is 9.79. The third kappa shape index (κ3) is 9.71. The molecule has 49 heavy (non-hydrogen) atoms. The topological polar surface area (TPSA) is 77.4 Å². The van der Waals surface area contributed by atoms with Crippen LogP contribution in [0.2, 0.25) is 0 Å². The van der Waals surface area contributed by atoms with Gasteiger partial charge in [0, 0.05) is 11.8 Å². The zero-order valence-corrected chi connectivity index (χ0v) is 29.7. The second kappa shape index (κ2) is 18.5. The van der Waals surface area contributed by atoms with Crippen molar-refractivity contribution >= 4 is 0 Å². The molecule has 4 rings (SSSR count). The van der Waals surface area contributed by atoms with E-state index in [0.29, 0.717) is 13.2 Å². The summed E-state index contributed by atoms with van der Waals surface area (Å²) < 4.78 is 24.0. The molecule has 0 bridgehead atoms. The molecule has 260 valence electrons. The molecule has 0 unspecified atom stereocenters. The zero-order valence-electron chi connectivity index (χ0n) is 29.7. The van der Waals surface area contributed by atoms with Gasteiger partial charge in [0.15, 0.2) is 0 Å². The molecular weight excluding hydrogens is 612 g/mol. The van der Waals surface area contributed by atoms with Gasteiger partial charge in [-0.1, -0.05) is 117 Å². The molecule has 0 aliphatic rings. The highest BCUT2D eigenvalue weighted by Gasteiger charge is 2.41. The van der Waals surface area contributed by atoms with E-state index >= 15 is 0 Å². The number of methoxy groups -OCH3 is 2. The summed E-state index contributed by atoms with van der Waals surface area (Å²) in [6.45, 7) is 8.68. The molecule has 0 aromatic heterocycles. The minimum atomic E-state index is -1.05. The van der Waals surface area contributed by atoms with Crippen molar-refractivity contribution in [3.8, 4) is 11.5 Å². The summed E-state index contributed by atoms with van der Waals surface area (Å²) in [5, 5.41) is 23.9. The largest absolute Gasteiger partial charge is 0.497 e. The van der Waals surface area contributed by atoms with Crippen molar-refractivity contribution in [1.82, 2.24) is 0 Å². The highest BCUT2D eigenvalue weighted by atomic mass is 16.5. The van der Waals surface area contributed by atoms with E-state index in [1.165, 1.54) is 0 Å². The molecule has 0 aliphatic carbocycles. The first-order chi connectivity index (χ1) is 23.7. The average Bonchev–Trinajstić information content (AvgIpc) is 3.14. The molecule has 0 radical (unpaired) electrons. The minimum absolute atomic E-state index is 0.0597. The predicted octanol–water partition coefficient (Wildman–Crippen LogP) is 8.36. The van der Waals surface area contributed by atoms with Crippen molar-refractivity contribution in [3.05, 3.63) is 155 Å². The van der Waals surface area contributed by atoms with Crippen molar-refractivity contribution < 1.29 is 29.2 Å². The van der Waals surface area contributed by atoms with Crippen molar-refractivity contribution in [2.75, 3.05) is 27.4 Å². The van der Waals surface area contributed by atoms with Crippen LogP contribution in [0.25, 0.3) is 0 Å². The summed E-state index contributed by atoms with van der Waals surface area (Å²) in [7, 11) is 3.29. The smallest absolute Gasteiger partial charge is 0.143 e. The van der Waals surface area contributed by atoms with Crippen LogP contribution in [0.1, 0.15) is 49.9 Å². The minimum Gasteiger partial charge on any atom is -0.497 e. The van der Waals surface area contributed by atoms with Crippen LogP contribution in [0.4, 0.5) is 0 Å². The number of benzene rings is 4. The third-order valence-electron chi connectivity index (χ3n) is 9.07. The maximum absolute atomic E-state index is 12.0. The predicted molar refractivity (Wildman–Crippen MR) is 197 cm³/mol. The van der Waals surface area contributed by atoms with E-state index in [1.54, 1.807) is 14.2 Å². The third-order valence-corrected chi connectivity index (χ3v) is 9.07. The fourth-order valence-corrected chi connectivity index (χ4v) is 6.33. The van der Waals surface area contributed by atoms with Gasteiger partial charge in [-0.2, -0.15) is 0 Å². The van der Waals surface area contributed by atoms with Crippen LogP contribution >= 0.6 is 0 Å². The van der Waals surface area contributed by atoms with Crippen molar-refractivity contribution in [1.29, 1.82) is 0 Å². The molecule has 4 aromatic carbocycles. The first-order valence-corrected chi connectivity index (χ1v) is 17.0. The maximum atomic E-state index is 12.0. The van der Waals surface area contributed by atoms with E-state index in [-0.39, 0.29) is 18.4 Å². The van der Waals surface area contributed by atoms with Crippen LogP contribution in [-0.4, -0.2) is 49.9 Å². The van der Waals surface area contributed by atoms with Gasteiger partial charge in [-0.15, -0.1) is 0 Å². The SMILES string of the molecule is C/C=C\[C@H](C)/C=C(\C)[C@@H](O)[C@@H](COC(c1ccccc1)(c1ccccc1)c1ccc(OC)cc1)[C@@H](O)[C@H](C)COCc1ccc(OC)cc1. The number of ether oxygens (including phenoxy) is 4. The molecule has 6 nitrogen and oxygen atoms in total. The molecule has 0 aliphatic heterocycles. The van der Waals surface area contributed by atoms with Crippen LogP contribution in [-0.2, 0) is 21.7 Å². The molecule has 0 amide bonds. The van der Waals surface area contributed by atoms with Gasteiger partial charge < -0.3 is 29.2 Å². The molecule has 0 saturated carbocycles. The van der Waals surface area contributed by atoms with Crippen LogP contribution in [0.5, 0.6) is 11.5 Å². The molecule has 0 saturated heterocycles. The number of hydrogen-bond acceptors (Lipinski definition) is 6. The lowest BCUT2D eigenvalue weighted by molar-refractivity contribution is -0.0899. The highest BCUT2D eigenvalue weighted by Crippen LogP contribution is 2.42. The Bertz CT molecular complexity index is 1540. The molecule has 6 heteroatoms. The summed E-state index contributed by atoms with van der Waals surface area (Å²) >= 11 is 0. The molecular formula is C43H52O6. The van der Waals surface area contributed by atoms with Gasteiger partial charge in [-0.05, 0) is 71.9 Å². The van der Waals surface area contributed by atoms with Crippen molar-refractivity contribution in [3.63, 3.8) is 0 Å². The van der Waals surface area contributed by atoms with Crippen molar-refractivity contribution in [2.24, 2.45) is 17.8 Å². The molecule has 5 atom stereocenters. The Morgan fingerprint density at radius 3 is 1.73 bits per heavy atom. The Morgan fingerprint density at radius 2 is 1.22 bits per heavy atom. The number of hydrogen-bond donors (Lipinski definition) is 2. The summed E-state index contributed by atoms with van der Waals surface area (Å²) in [4.78, 5) is 0. The van der Waals surface area contributed by atoms with Gasteiger partial charge in [-0.25, -0.2) is 0 Å². The van der Waals surface area contributed by atoms with E-state index in [0.717, 1.165) is 39.3 Å².